The number of aromatic nitrogens is 1. The van der Waals surface area contributed by atoms with E-state index in [1.54, 1.807) is 4.90 Å². The number of esters is 1. The largest absolute Gasteiger partial charge is 0.459 e. The summed E-state index contributed by atoms with van der Waals surface area (Å²) >= 11 is 1.35. The fourth-order valence-electron chi connectivity index (χ4n) is 2.94. The number of para-hydroxylation sites is 1. The van der Waals surface area contributed by atoms with Crippen molar-refractivity contribution in [1.82, 2.24) is 4.98 Å². The number of nitrogens with zero attached hydrogens (tertiary/aromatic N) is 2. The number of hydrogen-bond acceptors (Lipinski definition) is 5. The molecule has 6 heteroatoms. The normalized spacial score (nSPS) is 11.6. The summed E-state index contributed by atoms with van der Waals surface area (Å²) in [7, 11) is 0. The molecule has 2 aromatic carbocycles. The molecule has 0 saturated carbocycles. The van der Waals surface area contributed by atoms with E-state index in [1.807, 2.05) is 73.0 Å². The molecule has 0 spiro atoms. The number of thiazole rings is 1. The van der Waals surface area contributed by atoms with E-state index in [0.29, 0.717) is 17.2 Å². The van der Waals surface area contributed by atoms with Crippen molar-refractivity contribution in [3.05, 3.63) is 77.3 Å². The molecule has 0 aliphatic heterocycles. The number of ether oxygens (including phenoxy) is 1. The lowest BCUT2D eigenvalue weighted by Crippen LogP contribution is -2.22. The fourth-order valence-corrected chi connectivity index (χ4v) is 3.81. The highest BCUT2D eigenvalue weighted by Gasteiger charge is 2.21. The van der Waals surface area contributed by atoms with Gasteiger partial charge >= 0.3 is 5.97 Å². The maximum absolute atomic E-state index is 12.5. The number of amides is 1. The Balaban J connectivity index is 1.69. The average molecular weight is 394 g/mol. The highest BCUT2D eigenvalue weighted by molar-refractivity contribution is 7.14. The molecule has 1 amide bonds. The minimum absolute atomic E-state index is 0.0825. The van der Waals surface area contributed by atoms with Crippen LogP contribution in [0.15, 0.2) is 66.0 Å². The van der Waals surface area contributed by atoms with Crippen molar-refractivity contribution in [2.75, 3.05) is 4.90 Å². The van der Waals surface area contributed by atoms with Gasteiger partial charge in [-0.2, -0.15) is 0 Å². The molecule has 0 saturated heterocycles. The number of carbonyl (C=O) groups excluding carboxylic acids is 2. The zero-order chi connectivity index (χ0) is 19.9. The Bertz CT molecular complexity index is 925. The first-order chi connectivity index (χ1) is 13.6. The van der Waals surface area contributed by atoms with Gasteiger partial charge < -0.3 is 4.74 Å². The van der Waals surface area contributed by atoms with Crippen LogP contribution in [0.2, 0.25) is 0 Å². The first-order valence-corrected chi connectivity index (χ1v) is 9.99. The SMILES string of the molecule is CC[C@H](C(=O)OCc1csc(N(C(C)=O)c2ccccc2)n1)c1ccccc1. The molecule has 0 radical (unpaired) electrons. The standard InChI is InChI=1S/C22H22N2O3S/c1-3-20(17-10-6-4-7-11-17)21(26)27-14-18-15-28-22(23-18)24(16(2)25)19-12-8-5-9-13-19/h4-13,15,20H,3,14H2,1-2H3/t20-/m0/s1. The molecule has 28 heavy (non-hydrogen) atoms. The minimum atomic E-state index is -0.294. The number of rotatable bonds is 7. The molecule has 0 fully saturated rings. The van der Waals surface area contributed by atoms with Crippen molar-refractivity contribution in [2.45, 2.75) is 32.8 Å². The van der Waals surface area contributed by atoms with Gasteiger partial charge in [-0.3, -0.25) is 14.5 Å². The van der Waals surface area contributed by atoms with Crippen LogP contribution in [0.4, 0.5) is 10.8 Å². The van der Waals surface area contributed by atoms with Crippen LogP contribution >= 0.6 is 11.3 Å². The zero-order valence-corrected chi connectivity index (χ0v) is 16.7. The Labute approximate surface area is 168 Å². The summed E-state index contributed by atoms with van der Waals surface area (Å²) in [6, 6.07) is 19.0. The molecule has 0 N–H and O–H groups in total. The molecular formula is C22H22N2O3S. The maximum atomic E-state index is 12.5. The first kappa shape index (κ1) is 19.8. The summed E-state index contributed by atoms with van der Waals surface area (Å²) in [5.41, 5.74) is 2.32. The highest BCUT2D eigenvalue weighted by Crippen LogP contribution is 2.29. The summed E-state index contributed by atoms with van der Waals surface area (Å²) < 4.78 is 5.50. The van der Waals surface area contributed by atoms with Crippen LogP contribution in [-0.4, -0.2) is 16.9 Å². The van der Waals surface area contributed by atoms with Crippen molar-refractivity contribution < 1.29 is 14.3 Å². The van der Waals surface area contributed by atoms with Crippen LogP contribution in [0.1, 0.15) is 37.4 Å². The lowest BCUT2D eigenvalue weighted by atomic mass is 9.97. The molecule has 144 valence electrons. The van der Waals surface area contributed by atoms with Gasteiger partial charge in [0.2, 0.25) is 5.91 Å². The maximum Gasteiger partial charge on any atom is 0.313 e. The van der Waals surface area contributed by atoms with Crippen molar-refractivity contribution in [3.63, 3.8) is 0 Å². The average Bonchev–Trinajstić information content (AvgIpc) is 3.17. The molecule has 0 unspecified atom stereocenters. The Morgan fingerprint density at radius 1 is 1.07 bits per heavy atom. The van der Waals surface area contributed by atoms with Crippen molar-refractivity contribution in [1.29, 1.82) is 0 Å². The van der Waals surface area contributed by atoms with E-state index in [2.05, 4.69) is 4.98 Å². The monoisotopic (exact) mass is 394 g/mol. The Kier molecular flexibility index (Phi) is 6.55. The topological polar surface area (TPSA) is 59.5 Å². The Hall–Kier alpha value is -2.99. The molecule has 5 nitrogen and oxygen atoms in total. The van der Waals surface area contributed by atoms with E-state index >= 15 is 0 Å². The van der Waals surface area contributed by atoms with Crippen LogP contribution in [-0.2, 0) is 20.9 Å². The van der Waals surface area contributed by atoms with Crippen molar-refractivity contribution >= 4 is 34.0 Å². The van der Waals surface area contributed by atoms with E-state index < -0.39 is 0 Å². The first-order valence-electron chi connectivity index (χ1n) is 9.12. The second kappa shape index (κ2) is 9.28. The van der Waals surface area contributed by atoms with Crippen LogP contribution in [0.25, 0.3) is 0 Å². The molecule has 3 aromatic rings. The van der Waals surface area contributed by atoms with Gasteiger partial charge in [0.1, 0.15) is 6.61 Å². The predicted molar refractivity (Wildman–Crippen MR) is 111 cm³/mol. The van der Waals surface area contributed by atoms with Crippen LogP contribution in [0.5, 0.6) is 0 Å². The third-order valence-electron chi connectivity index (χ3n) is 4.32. The molecule has 1 aromatic heterocycles. The van der Waals surface area contributed by atoms with E-state index in [0.717, 1.165) is 11.3 Å². The molecule has 1 heterocycles. The number of hydrogen-bond donors (Lipinski definition) is 0. The van der Waals surface area contributed by atoms with Crippen LogP contribution < -0.4 is 4.90 Å². The number of anilines is 2. The van der Waals surface area contributed by atoms with Crippen LogP contribution in [0, 0.1) is 0 Å². The number of benzene rings is 2. The van der Waals surface area contributed by atoms with Crippen molar-refractivity contribution in [3.8, 4) is 0 Å². The Morgan fingerprint density at radius 2 is 1.71 bits per heavy atom. The molecule has 0 aliphatic rings. The fraction of sp³-hybridized carbons (Fsp3) is 0.227. The lowest BCUT2D eigenvalue weighted by Gasteiger charge is -2.17. The minimum Gasteiger partial charge on any atom is -0.459 e. The third-order valence-corrected chi connectivity index (χ3v) is 5.19. The molecule has 0 bridgehead atoms. The van der Waals surface area contributed by atoms with Gasteiger partial charge in [0, 0.05) is 12.3 Å². The van der Waals surface area contributed by atoms with Gasteiger partial charge in [0.05, 0.1) is 17.3 Å². The summed E-state index contributed by atoms with van der Waals surface area (Å²) in [6.45, 7) is 3.55. The predicted octanol–water partition coefficient (Wildman–Crippen LogP) is 5.06. The van der Waals surface area contributed by atoms with Gasteiger partial charge in [-0.1, -0.05) is 55.5 Å². The van der Waals surface area contributed by atoms with Crippen LogP contribution in [0.3, 0.4) is 0 Å². The second-order valence-electron chi connectivity index (χ2n) is 6.29. The highest BCUT2D eigenvalue weighted by atomic mass is 32.1. The second-order valence-corrected chi connectivity index (χ2v) is 7.13. The van der Waals surface area contributed by atoms with Gasteiger partial charge in [-0.05, 0) is 24.1 Å². The molecule has 1 atom stereocenters. The summed E-state index contributed by atoms with van der Waals surface area (Å²) in [4.78, 5) is 30.7. The lowest BCUT2D eigenvalue weighted by molar-refractivity contribution is -0.147. The summed E-state index contributed by atoms with van der Waals surface area (Å²) in [5.74, 6) is -0.689. The smallest absolute Gasteiger partial charge is 0.313 e. The van der Waals surface area contributed by atoms with E-state index in [1.165, 1.54) is 18.3 Å². The molecular weight excluding hydrogens is 372 g/mol. The van der Waals surface area contributed by atoms with Gasteiger partial charge in [-0.15, -0.1) is 11.3 Å². The van der Waals surface area contributed by atoms with Gasteiger partial charge in [0.15, 0.2) is 5.13 Å². The molecule has 3 rings (SSSR count). The summed E-state index contributed by atoms with van der Waals surface area (Å²) in [5, 5.41) is 2.37. The third kappa shape index (κ3) is 4.64. The summed E-state index contributed by atoms with van der Waals surface area (Å²) in [6.07, 6.45) is 0.664. The van der Waals surface area contributed by atoms with Gasteiger partial charge in [0.25, 0.3) is 0 Å². The zero-order valence-electron chi connectivity index (χ0n) is 15.9. The van der Waals surface area contributed by atoms with E-state index in [9.17, 15) is 9.59 Å². The number of carbonyl (C=O) groups is 2. The molecule has 0 aliphatic carbocycles. The van der Waals surface area contributed by atoms with Gasteiger partial charge in [-0.25, -0.2) is 4.98 Å². The van der Waals surface area contributed by atoms with Crippen molar-refractivity contribution in [2.24, 2.45) is 0 Å². The Morgan fingerprint density at radius 3 is 2.32 bits per heavy atom. The quantitative estimate of drug-likeness (QED) is 0.525. The van der Waals surface area contributed by atoms with E-state index in [4.69, 9.17) is 4.74 Å². The van der Waals surface area contributed by atoms with E-state index in [-0.39, 0.29) is 24.4 Å².